The number of nitrogens with one attached hydrogen (secondary N) is 1. The van der Waals surface area contributed by atoms with Crippen LogP contribution in [0.5, 0.6) is 11.6 Å². The molecule has 8 nitrogen and oxygen atoms in total. The van der Waals surface area contributed by atoms with Crippen molar-refractivity contribution >= 4 is 11.6 Å². The van der Waals surface area contributed by atoms with Crippen molar-refractivity contribution in [1.29, 1.82) is 0 Å². The third kappa shape index (κ3) is 4.95. The topological polar surface area (TPSA) is 90.6 Å². The molecule has 2 heterocycles. The Hall–Kier alpha value is -4.01. The summed E-state index contributed by atoms with van der Waals surface area (Å²) in [7, 11) is 1.59. The number of hydrogen-bond donors (Lipinski definition) is 1. The Kier molecular flexibility index (Phi) is 6.02. The molecule has 0 spiro atoms. The first-order valence-corrected chi connectivity index (χ1v) is 9.63. The summed E-state index contributed by atoms with van der Waals surface area (Å²) in [5.74, 6) is 0.971. The van der Waals surface area contributed by atoms with Crippen LogP contribution >= 0.6 is 0 Å². The highest BCUT2D eigenvalue weighted by Gasteiger charge is 2.11. The summed E-state index contributed by atoms with van der Waals surface area (Å²) in [6.07, 6.45) is 0.249. The van der Waals surface area contributed by atoms with Crippen LogP contribution in [0.2, 0.25) is 0 Å². The molecular weight excluding hydrogens is 401 g/mol. The molecule has 1 amide bonds. The van der Waals surface area contributed by atoms with Crippen LogP contribution in [-0.4, -0.2) is 46.0 Å². The predicted molar refractivity (Wildman–Crippen MR) is 111 cm³/mol. The number of aromatic nitrogens is 4. The minimum atomic E-state index is -0.369. The van der Waals surface area contributed by atoms with Gasteiger partial charge in [0.05, 0.1) is 20.1 Å². The van der Waals surface area contributed by atoms with E-state index >= 15 is 0 Å². The second kappa shape index (κ2) is 9.21. The number of methoxy groups -OCH3 is 1. The standard InChI is InChI=1S/C22H20FN5O3/c1-30-18-7-2-4-15(12-18)13-20(29)24-10-11-31-21-9-8-19-25-26-22(28(19)27-21)16-5-3-6-17(23)14-16/h2-9,12,14H,10-11,13H2,1H3,(H,24,29). The van der Waals surface area contributed by atoms with Gasteiger partial charge in [0, 0.05) is 11.6 Å². The van der Waals surface area contributed by atoms with E-state index in [0.29, 0.717) is 35.2 Å². The Bertz CT molecular complexity index is 1210. The predicted octanol–water partition coefficient (Wildman–Crippen LogP) is 2.68. The van der Waals surface area contributed by atoms with Gasteiger partial charge in [-0.15, -0.1) is 15.3 Å². The monoisotopic (exact) mass is 421 g/mol. The van der Waals surface area contributed by atoms with Gasteiger partial charge in [0.15, 0.2) is 11.5 Å². The molecule has 0 aliphatic rings. The molecule has 0 bridgehead atoms. The van der Waals surface area contributed by atoms with Crippen molar-refractivity contribution in [3.05, 3.63) is 72.0 Å². The van der Waals surface area contributed by atoms with Crippen LogP contribution in [0.15, 0.2) is 60.7 Å². The quantitative estimate of drug-likeness (QED) is 0.440. The molecule has 0 saturated heterocycles. The highest BCUT2D eigenvalue weighted by Crippen LogP contribution is 2.19. The van der Waals surface area contributed by atoms with Crippen LogP contribution < -0.4 is 14.8 Å². The third-order valence-corrected chi connectivity index (χ3v) is 4.49. The van der Waals surface area contributed by atoms with E-state index < -0.39 is 0 Å². The van der Waals surface area contributed by atoms with Crippen molar-refractivity contribution in [2.24, 2.45) is 0 Å². The number of benzene rings is 2. The van der Waals surface area contributed by atoms with Gasteiger partial charge in [0.1, 0.15) is 18.2 Å². The molecule has 158 valence electrons. The lowest BCUT2D eigenvalue weighted by Crippen LogP contribution is -2.29. The number of ether oxygens (including phenoxy) is 2. The van der Waals surface area contributed by atoms with Gasteiger partial charge in [-0.1, -0.05) is 24.3 Å². The van der Waals surface area contributed by atoms with Crippen molar-refractivity contribution in [3.63, 3.8) is 0 Å². The van der Waals surface area contributed by atoms with Crippen molar-refractivity contribution < 1.29 is 18.7 Å². The first-order chi connectivity index (χ1) is 15.1. The second-order valence-corrected chi connectivity index (χ2v) is 6.70. The zero-order valence-electron chi connectivity index (χ0n) is 16.8. The second-order valence-electron chi connectivity index (χ2n) is 6.70. The van der Waals surface area contributed by atoms with Gasteiger partial charge >= 0.3 is 0 Å². The van der Waals surface area contributed by atoms with Gasteiger partial charge < -0.3 is 14.8 Å². The van der Waals surface area contributed by atoms with E-state index in [1.807, 2.05) is 24.3 Å². The SMILES string of the molecule is COc1cccc(CC(=O)NCCOc2ccc3nnc(-c4cccc(F)c4)n3n2)c1. The van der Waals surface area contributed by atoms with Crippen LogP contribution in [0.1, 0.15) is 5.56 Å². The lowest BCUT2D eigenvalue weighted by atomic mass is 10.1. The fourth-order valence-corrected chi connectivity index (χ4v) is 3.03. The van der Waals surface area contributed by atoms with Crippen LogP contribution in [0, 0.1) is 5.82 Å². The van der Waals surface area contributed by atoms with E-state index in [9.17, 15) is 9.18 Å². The van der Waals surface area contributed by atoms with E-state index in [4.69, 9.17) is 9.47 Å². The normalized spacial score (nSPS) is 10.8. The minimum Gasteiger partial charge on any atom is -0.497 e. The summed E-state index contributed by atoms with van der Waals surface area (Å²) in [6.45, 7) is 0.557. The number of amides is 1. The van der Waals surface area contributed by atoms with E-state index in [-0.39, 0.29) is 24.8 Å². The molecule has 31 heavy (non-hydrogen) atoms. The number of carbonyl (C=O) groups is 1. The smallest absolute Gasteiger partial charge is 0.231 e. The average Bonchev–Trinajstić information content (AvgIpc) is 3.20. The van der Waals surface area contributed by atoms with Crippen LogP contribution in [-0.2, 0) is 11.2 Å². The molecule has 0 radical (unpaired) electrons. The zero-order valence-corrected chi connectivity index (χ0v) is 16.8. The Morgan fingerprint density at radius 1 is 1.10 bits per heavy atom. The van der Waals surface area contributed by atoms with Gasteiger partial charge in [0.2, 0.25) is 11.8 Å². The zero-order chi connectivity index (χ0) is 21.6. The van der Waals surface area contributed by atoms with Gasteiger partial charge in [-0.05, 0) is 35.9 Å². The Morgan fingerprint density at radius 2 is 1.97 bits per heavy atom. The van der Waals surface area contributed by atoms with Crippen molar-refractivity contribution in [2.75, 3.05) is 20.3 Å². The fraction of sp³-hybridized carbons (Fsp3) is 0.182. The molecule has 0 unspecified atom stereocenters. The summed E-state index contributed by atoms with van der Waals surface area (Å²) in [5, 5.41) is 15.3. The first kappa shape index (κ1) is 20.3. The lowest BCUT2D eigenvalue weighted by Gasteiger charge is -2.08. The Balaban J connectivity index is 1.34. The molecule has 0 saturated carbocycles. The number of carbonyl (C=O) groups excluding carboxylic acids is 1. The molecular formula is C22H20FN5O3. The van der Waals surface area contributed by atoms with E-state index in [1.165, 1.54) is 16.6 Å². The van der Waals surface area contributed by atoms with Crippen molar-refractivity contribution in [3.8, 4) is 23.0 Å². The van der Waals surface area contributed by atoms with Crippen molar-refractivity contribution in [1.82, 2.24) is 25.1 Å². The highest BCUT2D eigenvalue weighted by molar-refractivity contribution is 5.78. The molecule has 4 aromatic rings. The van der Waals surface area contributed by atoms with Gasteiger partial charge in [-0.25, -0.2) is 4.39 Å². The lowest BCUT2D eigenvalue weighted by molar-refractivity contribution is -0.120. The van der Waals surface area contributed by atoms with Crippen molar-refractivity contribution in [2.45, 2.75) is 6.42 Å². The Labute approximate surface area is 177 Å². The Morgan fingerprint density at radius 3 is 2.81 bits per heavy atom. The number of nitrogens with zero attached hydrogens (tertiary/aromatic N) is 4. The van der Waals surface area contributed by atoms with Gasteiger partial charge in [-0.3, -0.25) is 4.79 Å². The van der Waals surface area contributed by atoms with E-state index in [2.05, 4.69) is 20.6 Å². The van der Waals surface area contributed by atoms with Crippen LogP contribution in [0.25, 0.3) is 17.0 Å². The molecule has 0 aliphatic carbocycles. The number of rotatable bonds is 8. The minimum absolute atomic E-state index is 0.118. The van der Waals surface area contributed by atoms with Crippen LogP contribution in [0.3, 0.4) is 0 Å². The molecule has 2 aromatic heterocycles. The molecule has 9 heteroatoms. The molecule has 4 rings (SSSR count). The molecule has 0 aliphatic heterocycles. The first-order valence-electron chi connectivity index (χ1n) is 9.63. The van der Waals surface area contributed by atoms with E-state index in [0.717, 1.165) is 5.56 Å². The largest absolute Gasteiger partial charge is 0.497 e. The van der Waals surface area contributed by atoms with E-state index in [1.54, 1.807) is 31.4 Å². The molecule has 2 aromatic carbocycles. The summed E-state index contributed by atoms with van der Waals surface area (Å²) in [6, 6.07) is 16.8. The average molecular weight is 421 g/mol. The maximum Gasteiger partial charge on any atom is 0.231 e. The highest BCUT2D eigenvalue weighted by atomic mass is 19.1. The van der Waals surface area contributed by atoms with Gasteiger partial charge in [-0.2, -0.15) is 4.52 Å². The van der Waals surface area contributed by atoms with Crippen LogP contribution in [0.4, 0.5) is 4.39 Å². The maximum absolute atomic E-state index is 13.5. The number of hydrogen-bond acceptors (Lipinski definition) is 6. The number of halogens is 1. The summed E-state index contributed by atoms with van der Waals surface area (Å²) < 4.78 is 25.8. The maximum atomic E-state index is 13.5. The summed E-state index contributed by atoms with van der Waals surface area (Å²) in [4.78, 5) is 12.1. The summed E-state index contributed by atoms with van der Waals surface area (Å²) in [5.41, 5.74) is 1.93. The third-order valence-electron chi connectivity index (χ3n) is 4.49. The fourth-order valence-electron chi connectivity index (χ4n) is 3.03. The molecule has 0 fully saturated rings. The molecule has 0 atom stereocenters. The summed E-state index contributed by atoms with van der Waals surface area (Å²) >= 11 is 0. The number of fused-ring (bicyclic) bond motifs is 1. The molecule has 1 N–H and O–H groups in total. The van der Waals surface area contributed by atoms with Gasteiger partial charge in [0.25, 0.3) is 0 Å².